The molecule has 5 atom stereocenters. The summed E-state index contributed by atoms with van der Waals surface area (Å²) >= 11 is 0. The molecular formula is C85H160N2O8. The van der Waals surface area contributed by atoms with Crippen LogP contribution >= 0.6 is 0 Å². The molecule has 10 nitrogen and oxygen atoms in total. The third-order valence-electron chi connectivity index (χ3n) is 23.2. The summed E-state index contributed by atoms with van der Waals surface area (Å²) in [7, 11) is 0. The zero-order valence-electron chi connectivity index (χ0n) is 64.4. The van der Waals surface area contributed by atoms with Crippen LogP contribution in [-0.4, -0.2) is 98.4 Å². The van der Waals surface area contributed by atoms with E-state index in [-0.39, 0.29) is 36.1 Å². The van der Waals surface area contributed by atoms with E-state index in [0.29, 0.717) is 56.1 Å². The van der Waals surface area contributed by atoms with E-state index in [0.717, 1.165) is 134 Å². The molecule has 1 saturated heterocycles. The molecule has 2 saturated carbocycles. The van der Waals surface area contributed by atoms with E-state index in [1.165, 1.54) is 270 Å². The Hall–Kier alpha value is -2.20. The minimum absolute atomic E-state index is 0.000201. The summed E-state index contributed by atoms with van der Waals surface area (Å²) in [5, 5.41) is 0. The SMILES string of the molecule is CCCCCCC(CCCCCC)OC(=O)CCCCCCCN1CCCCCCCC(=O)OCCC(CCC)CCC2CC3CC(CCN(CCCCCCCC(=O)OCCC(CCCC)CCCC)CCCCCCCC(=O)OC(CCCCC)CCCCC)C23CC1. The second kappa shape index (κ2) is 59.5. The Labute approximate surface area is 589 Å². The van der Waals surface area contributed by atoms with E-state index in [1.807, 2.05) is 0 Å². The first-order valence-electron chi connectivity index (χ1n) is 42.7. The lowest BCUT2D eigenvalue weighted by Gasteiger charge is -2.70. The van der Waals surface area contributed by atoms with Crippen molar-refractivity contribution in [3.63, 3.8) is 0 Å². The van der Waals surface area contributed by atoms with Crippen LogP contribution in [0.25, 0.3) is 0 Å². The molecule has 5 unspecified atom stereocenters. The molecule has 3 rings (SSSR count). The molecule has 0 aromatic heterocycles. The highest BCUT2D eigenvalue weighted by molar-refractivity contribution is 5.70. The third kappa shape index (κ3) is 42.0. The van der Waals surface area contributed by atoms with Crippen LogP contribution in [0.4, 0.5) is 0 Å². The number of ether oxygens (including phenoxy) is 4. The summed E-state index contributed by atoms with van der Waals surface area (Å²) in [4.78, 5) is 57.6. The van der Waals surface area contributed by atoms with Crippen LogP contribution in [-0.2, 0) is 38.1 Å². The van der Waals surface area contributed by atoms with Crippen LogP contribution in [0, 0.1) is 35.0 Å². The second-order valence-electron chi connectivity index (χ2n) is 31.3. The van der Waals surface area contributed by atoms with Crippen molar-refractivity contribution < 1.29 is 38.1 Å². The molecule has 10 heteroatoms. The van der Waals surface area contributed by atoms with Gasteiger partial charge in [0.25, 0.3) is 0 Å². The molecule has 0 N–H and O–H groups in total. The van der Waals surface area contributed by atoms with Crippen molar-refractivity contribution >= 4 is 23.9 Å². The fourth-order valence-electron chi connectivity index (χ4n) is 17.0. The van der Waals surface area contributed by atoms with Crippen molar-refractivity contribution in [1.29, 1.82) is 0 Å². The Morgan fingerprint density at radius 3 is 1.52 bits per heavy atom. The maximum atomic E-state index is 13.1. The number of cyclic esters (lactones) is 1. The quantitative estimate of drug-likeness (QED) is 0.0331. The van der Waals surface area contributed by atoms with Crippen molar-refractivity contribution in [2.24, 2.45) is 35.0 Å². The zero-order valence-corrected chi connectivity index (χ0v) is 64.4. The summed E-state index contributed by atoms with van der Waals surface area (Å²) in [5.41, 5.74) is 0.452. The number of hydrogen-bond donors (Lipinski definition) is 0. The van der Waals surface area contributed by atoms with Crippen LogP contribution < -0.4 is 0 Å². The van der Waals surface area contributed by atoms with Gasteiger partial charge in [-0.3, -0.25) is 19.2 Å². The number of hydrogen-bond acceptors (Lipinski definition) is 10. The standard InChI is InChI=1S/C85H160N2O8/c1-8-15-21-37-52-80(53-38-22-16-9-2)95-84(91)57-42-30-26-34-46-67-87-66-45-33-24-28-40-54-81(88)92-70-61-74(47-14-7)58-59-76-72-78-73-77(85(76,78)63-69-87)60-68-86(64-43-31-23-27-39-55-82(89)93-71-62-75(48-19-12-5)49-20-13-6)65-44-32-25-29-41-56-83(90)94-79(50-35-17-10-3)51-36-18-11-4/h74-80H,8-73H2,1-7H3. The van der Waals surface area contributed by atoms with Gasteiger partial charge in [0.15, 0.2) is 0 Å². The molecule has 95 heavy (non-hydrogen) atoms. The third-order valence-corrected chi connectivity index (χ3v) is 23.2. The maximum absolute atomic E-state index is 13.1. The van der Waals surface area contributed by atoms with Crippen molar-refractivity contribution in [2.75, 3.05) is 52.5 Å². The molecule has 558 valence electrons. The number of rotatable bonds is 58. The van der Waals surface area contributed by atoms with Crippen LogP contribution in [0.3, 0.4) is 0 Å². The number of nitrogens with zero attached hydrogens (tertiary/aromatic N) is 2. The van der Waals surface area contributed by atoms with E-state index in [9.17, 15) is 19.2 Å². The van der Waals surface area contributed by atoms with E-state index in [1.54, 1.807) is 0 Å². The van der Waals surface area contributed by atoms with E-state index in [2.05, 4.69) is 58.3 Å². The smallest absolute Gasteiger partial charge is 0.306 e. The van der Waals surface area contributed by atoms with Crippen molar-refractivity contribution in [2.45, 2.75) is 433 Å². The zero-order chi connectivity index (χ0) is 68.5. The molecule has 1 spiro atoms. The van der Waals surface area contributed by atoms with Gasteiger partial charge in [-0.25, -0.2) is 0 Å². The molecule has 1 aliphatic heterocycles. The lowest BCUT2D eigenvalue weighted by atomic mass is 9.35. The monoisotopic (exact) mass is 1340 g/mol. The lowest BCUT2D eigenvalue weighted by Crippen LogP contribution is -2.64. The molecule has 0 radical (unpaired) electrons. The van der Waals surface area contributed by atoms with Gasteiger partial charge in [-0.2, -0.15) is 0 Å². The maximum Gasteiger partial charge on any atom is 0.306 e. The lowest BCUT2D eigenvalue weighted by molar-refractivity contribution is -0.212. The average Bonchev–Trinajstić information content (AvgIpc) is 0.700. The van der Waals surface area contributed by atoms with Gasteiger partial charge in [-0.05, 0) is 222 Å². The van der Waals surface area contributed by atoms with Crippen molar-refractivity contribution in [3.05, 3.63) is 0 Å². The molecule has 0 bridgehead atoms. The van der Waals surface area contributed by atoms with Crippen LogP contribution in [0.15, 0.2) is 0 Å². The Bertz CT molecular complexity index is 1780. The molecule has 3 aliphatic rings. The predicted octanol–water partition coefficient (Wildman–Crippen LogP) is 24.4. The average molecular weight is 1340 g/mol. The fraction of sp³-hybridized carbons (Fsp3) is 0.953. The summed E-state index contributed by atoms with van der Waals surface area (Å²) < 4.78 is 23.9. The Morgan fingerprint density at radius 1 is 0.463 bits per heavy atom. The van der Waals surface area contributed by atoms with Crippen molar-refractivity contribution in [1.82, 2.24) is 9.80 Å². The highest BCUT2D eigenvalue weighted by atomic mass is 16.6. The number of carbonyl (C=O) groups is 4. The van der Waals surface area contributed by atoms with Gasteiger partial charge >= 0.3 is 23.9 Å². The highest BCUT2D eigenvalue weighted by Crippen LogP contribution is 2.71. The van der Waals surface area contributed by atoms with Crippen LogP contribution in [0.1, 0.15) is 421 Å². The minimum atomic E-state index is -0.000201. The molecule has 2 aliphatic carbocycles. The summed E-state index contributed by atoms with van der Waals surface area (Å²) in [5.74, 6) is 3.83. The van der Waals surface area contributed by atoms with Crippen LogP contribution in [0.5, 0.6) is 0 Å². The normalized spacial score (nSPS) is 20.2. The van der Waals surface area contributed by atoms with E-state index >= 15 is 0 Å². The van der Waals surface area contributed by atoms with Crippen LogP contribution in [0.2, 0.25) is 0 Å². The first kappa shape index (κ1) is 87.0. The van der Waals surface area contributed by atoms with Crippen molar-refractivity contribution in [3.8, 4) is 0 Å². The Morgan fingerprint density at radius 2 is 0.958 bits per heavy atom. The largest absolute Gasteiger partial charge is 0.466 e. The van der Waals surface area contributed by atoms with Gasteiger partial charge in [0, 0.05) is 25.7 Å². The predicted molar refractivity (Wildman–Crippen MR) is 402 cm³/mol. The van der Waals surface area contributed by atoms with Gasteiger partial charge in [0.2, 0.25) is 0 Å². The van der Waals surface area contributed by atoms with Gasteiger partial charge in [-0.1, -0.05) is 248 Å². The van der Waals surface area contributed by atoms with E-state index < -0.39 is 0 Å². The molecule has 1 heterocycles. The summed E-state index contributed by atoms with van der Waals surface area (Å²) in [6.45, 7) is 24.2. The minimum Gasteiger partial charge on any atom is -0.466 e. The molecular weight excluding hydrogens is 1180 g/mol. The molecule has 0 aromatic carbocycles. The summed E-state index contributed by atoms with van der Waals surface area (Å²) in [6, 6.07) is 0. The number of carbonyl (C=O) groups excluding carboxylic acids is 4. The number of esters is 4. The molecule has 3 fully saturated rings. The van der Waals surface area contributed by atoms with Gasteiger partial charge in [-0.15, -0.1) is 0 Å². The first-order chi connectivity index (χ1) is 46.5. The van der Waals surface area contributed by atoms with Gasteiger partial charge in [0.05, 0.1) is 13.2 Å². The topological polar surface area (TPSA) is 112 Å². The first-order valence-corrected chi connectivity index (χ1v) is 42.7. The molecule has 0 aromatic rings. The fourth-order valence-corrected chi connectivity index (χ4v) is 17.0. The highest BCUT2D eigenvalue weighted by Gasteiger charge is 2.64. The van der Waals surface area contributed by atoms with E-state index in [4.69, 9.17) is 18.9 Å². The Kier molecular flexibility index (Phi) is 54.5. The Balaban J connectivity index is 1.67. The molecule has 0 amide bonds. The summed E-state index contributed by atoms with van der Waals surface area (Å²) in [6.07, 6.45) is 66.3. The number of unbranched alkanes of at least 4 members (excludes halogenated alkanes) is 24. The van der Waals surface area contributed by atoms with Gasteiger partial charge in [0.1, 0.15) is 12.2 Å². The van der Waals surface area contributed by atoms with Gasteiger partial charge < -0.3 is 28.7 Å². The second-order valence-corrected chi connectivity index (χ2v) is 31.3.